The van der Waals surface area contributed by atoms with Gasteiger partial charge in [-0.15, -0.1) is 0 Å². The molecule has 0 spiro atoms. The zero-order valence-electron chi connectivity index (χ0n) is 20.1. The molecule has 2 aromatic rings. The van der Waals surface area contributed by atoms with Crippen LogP contribution in [0.4, 0.5) is 11.5 Å². The fraction of sp³-hybridized carbons (Fsp3) is 0.615. The van der Waals surface area contributed by atoms with Gasteiger partial charge in [-0.2, -0.15) is 0 Å². The van der Waals surface area contributed by atoms with Gasteiger partial charge in [0, 0.05) is 68.3 Å². The Morgan fingerprint density at radius 3 is 2.45 bits per heavy atom. The third-order valence-corrected chi connectivity index (χ3v) is 7.22. The fourth-order valence-electron chi connectivity index (χ4n) is 5.09. The van der Waals surface area contributed by atoms with Crippen LogP contribution in [0, 0.1) is 0 Å². The molecule has 178 valence electrons. The summed E-state index contributed by atoms with van der Waals surface area (Å²) in [5.74, 6) is 1.91. The highest BCUT2D eigenvalue weighted by molar-refractivity contribution is 5.63. The van der Waals surface area contributed by atoms with Gasteiger partial charge in [0.05, 0.1) is 13.2 Å². The number of ether oxygens (including phenoxy) is 1. The van der Waals surface area contributed by atoms with Gasteiger partial charge in [-0.25, -0.2) is 9.97 Å². The van der Waals surface area contributed by atoms with E-state index in [1.807, 2.05) is 0 Å². The maximum absolute atomic E-state index is 5.46. The maximum Gasteiger partial charge on any atom is 0.161 e. The van der Waals surface area contributed by atoms with Gasteiger partial charge < -0.3 is 19.9 Å². The van der Waals surface area contributed by atoms with Crippen molar-refractivity contribution in [2.24, 2.45) is 0 Å². The molecular formula is C26H38N6O. The van der Waals surface area contributed by atoms with Crippen molar-refractivity contribution in [3.8, 4) is 11.4 Å². The molecule has 5 rings (SSSR count). The van der Waals surface area contributed by atoms with Crippen LogP contribution in [-0.4, -0.2) is 92.4 Å². The molecule has 1 aromatic heterocycles. The highest BCUT2D eigenvalue weighted by Crippen LogP contribution is 2.29. The summed E-state index contributed by atoms with van der Waals surface area (Å²) < 4.78 is 5.46. The molecule has 3 aliphatic rings. The molecule has 0 amide bonds. The lowest BCUT2D eigenvalue weighted by Crippen LogP contribution is -2.44. The van der Waals surface area contributed by atoms with Crippen LogP contribution in [0.15, 0.2) is 24.3 Å². The number of aromatic nitrogens is 2. The Labute approximate surface area is 198 Å². The third kappa shape index (κ3) is 5.65. The predicted molar refractivity (Wildman–Crippen MR) is 134 cm³/mol. The molecule has 2 aliphatic heterocycles. The summed E-state index contributed by atoms with van der Waals surface area (Å²) in [4.78, 5) is 17.4. The number of hydrogen-bond acceptors (Lipinski definition) is 7. The van der Waals surface area contributed by atoms with Crippen molar-refractivity contribution < 1.29 is 4.74 Å². The maximum atomic E-state index is 5.46. The molecule has 0 radical (unpaired) electrons. The minimum atomic E-state index is 0.858. The van der Waals surface area contributed by atoms with Crippen molar-refractivity contribution in [2.75, 3.05) is 82.8 Å². The van der Waals surface area contributed by atoms with E-state index in [-0.39, 0.29) is 0 Å². The Morgan fingerprint density at radius 1 is 0.909 bits per heavy atom. The SMILES string of the molecule is CN1CCN(c2ccc(-c3nc4c(c(NCCCN5CCOCC5)n3)CCCC4)cc2)CC1. The number of aryl methyl sites for hydroxylation is 1. The number of nitrogens with one attached hydrogen (secondary N) is 1. The standard InChI is InChI=1S/C26H38N6O/c1-30-13-15-32(16-14-30)22-9-7-21(8-10-22)25-28-24-6-3-2-5-23(24)26(29-25)27-11-4-12-31-17-19-33-20-18-31/h7-10H,2-6,11-20H2,1H3,(H,27,28,29). The number of rotatable bonds is 7. The molecule has 1 N–H and O–H groups in total. The molecule has 33 heavy (non-hydrogen) atoms. The van der Waals surface area contributed by atoms with Gasteiger partial charge in [-0.05, 0) is 70.0 Å². The summed E-state index contributed by atoms with van der Waals surface area (Å²) in [6.45, 7) is 10.3. The van der Waals surface area contributed by atoms with Crippen LogP contribution in [0.3, 0.4) is 0 Å². The molecule has 0 atom stereocenters. The van der Waals surface area contributed by atoms with Crippen LogP contribution in [0.25, 0.3) is 11.4 Å². The Hall–Kier alpha value is -2.22. The van der Waals surface area contributed by atoms with E-state index < -0.39 is 0 Å². The molecule has 1 aromatic carbocycles. The van der Waals surface area contributed by atoms with Gasteiger partial charge in [-0.1, -0.05) is 0 Å². The Bertz CT molecular complexity index is 904. The van der Waals surface area contributed by atoms with Crippen molar-refractivity contribution in [1.29, 1.82) is 0 Å². The van der Waals surface area contributed by atoms with Gasteiger partial charge in [-0.3, -0.25) is 4.90 Å². The Balaban J connectivity index is 1.27. The van der Waals surface area contributed by atoms with Crippen molar-refractivity contribution in [1.82, 2.24) is 19.8 Å². The number of benzene rings is 1. The van der Waals surface area contributed by atoms with Crippen LogP contribution in [0.2, 0.25) is 0 Å². The first-order valence-electron chi connectivity index (χ1n) is 12.7. The summed E-state index contributed by atoms with van der Waals surface area (Å²) in [5.41, 5.74) is 4.99. The molecule has 7 heteroatoms. The quantitative estimate of drug-likeness (QED) is 0.651. The monoisotopic (exact) mass is 450 g/mol. The molecule has 7 nitrogen and oxygen atoms in total. The largest absolute Gasteiger partial charge is 0.379 e. The third-order valence-electron chi connectivity index (χ3n) is 7.22. The first-order valence-corrected chi connectivity index (χ1v) is 12.7. The minimum Gasteiger partial charge on any atom is -0.379 e. The lowest BCUT2D eigenvalue weighted by atomic mass is 9.96. The second kappa shape index (κ2) is 10.8. The second-order valence-electron chi connectivity index (χ2n) is 9.60. The van der Waals surface area contributed by atoms with E-state index in [0.717, 1.165) is 102 Å². The van der Waals surface area contributed by atoms with Gasteiger partial charge in [0.1, 0.15) is 5.82 Å². The zero-order chi connectivity index (χ0) is 22.5. The van der Waals surface area contributed by atoms with Gasteiger partial charge in [0.15, 0.2) is 5.82 Å². The molecular weight excluding hydrogens is 412 g/mol. The van der Waals surface area contributed by atoms with E-state index >= 15 is 0 Å². The molecule has 0 unspecified atom stereocenters. The fourth-order valence-corrected chi connectivity index (χ4v) is 5.09. The average Bonchev–Trinajstić information content (AvgIpc) is 2.87. The predicted octanol–water partition coefficient (Wildman–Crippen LogP) is 2.91. The first-order chi connectivity index (χ1) is 16.3. The summed E-state index contributed by atoms with van der Waals surface area (Å²) in [5, 5.41) is 3.67. The Morgan fingerprint density at radius 2 is 1.67 bits per heavy atom. The van der Waals surface area contributed by atoms with E-state index in [1.54, 1.807) is 0 Å². The van der Waals surface area contributed by atoms with Crippen molar-refractivity contribution in [3.63, 3.8) is 0 Å². The summed E-state index contributed by atoms with van der Waals surface area (Å²) >= 11 is 0. The van der Waals surface area contributed by atoms with Crippen molar-refractivity contribution in [2.45, 2.75) is 32.1 Å². The summed E-state index contributed by atoms with van der Waals surface area (Å²) in [7, 11) is 2.20. The Kier molecular flexibility index (Phi) is 7.39. The second-order valence-corrected chi connectivity index (χ2v) is 9.60. The molecule has 0 bridgehead atoms. The zero-order valence-corrected chi connectivity index (χ0v) is 20.1. The van der Waals surface area contributed by atoms with E-state index in [0.29, 0.717) is 0 Å². The molecule has 2 saturated heterocycles. The highest BCUT2D eigenvalue weighted by atomic mass is 16.5. The van der Waals surface area contributed by atoms with Crippen molar-refractivity contribution in [3.05, 3.63) is 35.5 Å². The van der Waals surface area contributed by atoms with Crippen LogP contribution in [0.1, 0.15) is 30.5 Å². The molecule has 1 aliphatic carbocycles. The molecule has 3 heterocycles. The van der Waals surface area contributed by atoms with E-state index in [2.05, 4.69) is 51.3 Å². The molecule has 2 fully saturated rings. The summed E-state index contributed by atoms with van der Waals surface area (Å²) in [6.07, 6.45) is 5.73. The summed E-state index contributed by atoms with van der Waals surface area (Å²) in [6, 6.07) is 8.86. The topological polar surface area (TPSA) is 56.8 Å². The van der Waals surface area contributed by atoms with E-state index in [9.17, 15) is 0 Å². The number of morpholine rings is 1. The van der Waals surface area contributed by atoms with Crippen LogP contribution in [-0.2, 0) is 17.6 Å². The van der Waals surface area contributed by atoms with E-state index in [1.165, 1.54) is 29.8 Å². The number of anilines is 2. The van der Waals surface area contributed by atoms with Gasteiger partial charge in [0.2, 0.25) is 0 Å². The molecule has 0 saturated carbocycles. The highest BCUT2D eigenvalue weighted by Gasteiger charge is 2.19. The van der Waals surface area contributed by atoms with Crippen LogP contribution < -0.4 is 10.2 Å². The van der Waals surface area contributed by atoms with Gasteiger partial charge >= 0.3 is 0 Å². The average molecular weight is 451 g/mol. The lowest BCUT2D eigenvalue weighted by Gasteiger charge is -2.34. The van der Waals surface area contributed by atoms with Crippen molar-refractivity contribution >= 4 is 11.5 Å². The number of piperazine rings is 1. The minimum absolute atomic E-state index is 0.858. The van der Waals surface area contributed by atoms with Crippen LogP contribution >= 0.6 is 0 Å². The van der Waals surface area contributed by atoms with Crippen LogP contribution in [0.5, 0.6) is 0 Å². The number of hydrogen-bond donors (Lipinski definition) is 1. The number of fused-ring (bicyclic) bond motifs is 1. The first kappa shape index (κ1) is 22.6. The normalized spacial score (nSPS) is 20.0. The lowest BCUT2D eigenvalue weighted by molar-refractivity contribution is 0.0378. The number of nitrogens with zero attached hydrogens (tertiary/aromatic N) is 5. The van der Waals surface area contributed by atoms with Gasteiger partial charge in [0.25, 0.3) is 0 Å². The number of likely N-dealkylation sites (N-methyl/N-ethyl adjacent to an activating group) is 1. The smallest absolute Gasteiger partial charge is 0.161 e. The van der Waals surface area contributed by atoms with E-state index in [4.69, 9.17) is 14.7 Å².